The van der Waals surface area contributed by atoms with Crippen molar-refractivity contribution in [2.75, 3.05) is 37.7 Å². The van der Waals surface area contributed by atoms with Gasteiger partial charge in [-0.05, 0) is 91.9 Å². The van der Waals surface area contributed by atoms with Crippen LogP contribution in [0.25, 0.3) is 32.9 Å². The van der Waals surface area contributed by atoms with Crippen molar-refractivity contribution in [2.45, 2.75) is 70.8 Å². The number of aromatic nitrogens is 3. The first kappa shape index (κ1) is 29.5. The Morgan fingerprint density at radius 3 is 2.65 bits per heavy atom. The van der Waals surface area contributed by atoms with E-state index in [1.54, 1.807) is 18.3 Å². The number of nitrogens with zero attached hydrogens (tertiary/aromatic N) is 5. The summed E-state index contributed by atoms with van der Waals surface area (Å²) in [5, 5.41) is 12.2. The Hall–Kier alpha value is -3.92. The van der Waals surface area contributed by atoms with Crippen molar-refractivity contribution in [3.05, 3.63) is 47.7 Å². The summed E-state index contributed by atoms with van der Waals surface area (Å²) in [4.78, 5) is 31.2. The number of anilines is 1. The van der Waals surface area contributed by atoms with Gasteiger partial charge in [-0.1, -0.05) is 19.9 Å². The molecule has 8 rings (SSSR count). The van der Waals surface area contributed by atoms with Gasteiger partial charge >= 0.3 is 6.01 Å². The molecular weight excluding hydrogens is 588 g/mol. The second kappa shape index (κ2) is 10.8. The van der Waals surface area contributed by atoms with Gasteiger partial charge in [0.1, 0.15) is 41.0 Å². The number of ketones is 1. The molecule has 3 saturated heterocycles. The van der Waals surface area contributed by atoms with Gasteiger partial charge < -0.3 is 14.7 Å². The number of Topliss-reactive ketones (excluding diaryl/α,β-unsaturated/α-hetero) is 1. The Balaban J connectivity index is 1.24. The molecular formula is C36H39F2N5O3. The molecule has 2 aromatic carbocycles. The molecule has 2 atom stereocenters. The molecule has 1 saturated carbocycles. The summed E-state index contributed by atoms with van der Waals surface area (Å²) in [6.45, 7) is 7.87. The highest BCUT2D eigenvalue weighted by molar-refractivity contribution is 6.02. The van der Waals surface area contributed by atoms with Crippen molar-refractivity contribution in [1.29, 1.82) is 0 Å². The highest BCUT2D eigenvalue weighted by Gasteiger charge is 2.49. The number of carbonyl (C=O) groups is 1. The Bertz CT molecular complexity index is 1890. The van der Waals surface area contributed by atoms with Gasteiger partial charge in [-0.3, -0.25) is 14.7 Å². The van der Waals surface area contributed by atoms with Crippen LogP contribution >= 0.6 is 0 Å². The quantitative estimate of drug-likeness (QED) is 0.256. The third kappa shape index (κ3) is 4.54. The van der Waals surface area contributed by atoms with Gasteiger partial charge in [0.2, 0.25) is 0 Å². The number of phenols is 1. The lowest BCUT2D eigenvalue weighted by molar-refractivity contribution is -0.139. The van der Waals surface area contributed by atoms with E-state index < -0.39 is 11.6 Å². The van der Waals surface area contributed by atoms with Crippen LogP contribution in [0.3, 0.4) is 0 Å². The number of hydrogen-bond acceptors (Lipinski definition) is 8. The molecule has 2 aromatic heterocycles. The smallest absolute Gasteiger partial charge is 0.319 e. The van der Waals surface area contributed by atoms with Crippen LogP contribution in [0.4, 0.5) is 14.6 Å². The summed E-state index contributed by atoms with van der Waals surface area (Å²) < 4.78 is 38.2. The van der Waals surface area contributed by atoms with Gasteiger partial charge in [-0.25, -0.2) is 8.78 Å². The first-order valence-corrected chi connectivity index (χ1v) is 16.7. The van der Waals surface area contributed by atoms with Crippen LogP contribution < -0.4 is 9.64 Å². The molecule has 4 aliphatic rings. The van der Waals surface area contributed by atoms with Crippen LogP contribution in [0, 0.1) is 23.0 Å². The summed E-state index contributed by atoms with van der Waals surface area (Å²) in [6, 6.07) is 6.05. The van der Waals surface area contributed by atoms with Gasteiger partial charge in [-0.2, -0.15) is 9.97 Å². The number of phenolic OH excluding ortho intramolecular Hbond substituents is 1. The van der Waals surface area contributed by atoms with Crippen molar-refractivity contribution in [1.82, 2.24) is 19.9 Å². The first-order valence-electron chi connectivity index (χ1n) is 16.7. The average molecular weight is 628 g/mol. The highest BCUT2D eigenvalue weighted by Crippen LogP contribution is 2.47. The highest BCUT2D eigenvalue weighted by atomic mass is 19.1. The normalized spacial score (nSPS) is 24.2. The van der Waals surface area contributed by atoms with Crippen molar-refractivity contribution in [3.63, 3.8) is 0 Å². The summed E-state index contributed by atoms with van der Waals surface area (Å²) in [5.41, 5.74) is 0.478. The van der Waals surface area contributed by atoms with Gasteiger partial charge in [-0.15, -0.1) is 0 Å². The molecule has 240 valence electrons. The van der Waals surface area contributed by atoms with E-state index in [2.05, 4.69) is 26.7 Å². The molecule has 1 N–H and O–H groups in total. The molecule has 4 fully saturated rings. The molecule has 1 aliphatic carbocycles. The summed E-state index contributed by atoms with van der Waals surface area (Å²) in [6.07, 6.45) is 8.21. The average Bonchev–Trinajstić information content (AvgIpc) is 3.58. The van der Waals surface area contributed by atoms with Crippen LogP contribution in [0.15, 0.2) is 30.5 Å². The molecule has 3 aliphatic heterocycles. The second-order valence-corrected chi connectivity index (χ2v) is 14.0. The van der Waals surface area contributed by atoms with Gasteiger partial charge in [0.05, 0.1) is 10.9 Å². The van der Waals surface area contributed by atoms with E-state index in [-0.39, 0.29) is 33.9 Å². The van der Waals surface area contributed by atoms with Crippen LogP contribution in [0.2, 0.25) is 0 Å². The zero-order chi connectivity index (χ0) is 31.8. The Kier molecular flexibility index (Phi) is 6.94. The van der Waals surface area contributed by atoms with E-state index >= 15 is 4.39 Å². The number of hydrogen-bond donors (Lipinski definition) is 1. The number of rotatable bonds is 6. The lowest BCUT2D eigenvalue weighted by Gasteiger charge is -2.46. The minimum Gasteiger partial charge on any atom is -0.508 e. The summed E-state index contributed by atoms with van der Waals surface area (Å²) in [7, 11) is 0. The van der Waals surface area contributed by atoms with E-state index in [9.17, 15) is 14.3 Å². The zero-order valence-electron chi connectivity index (χ0n) is 26.4. The molecule has 0 radical (unpaired) electrons. The lowest BCUT2D eigenvalue weighted by atomic mass is 9.62. The number of aromatic hydroxyl groups is 1. The molecule has 0 unspecified atom stereocenters. The lowest BCUT2D eigenvalue weighted by Crippen LogP contribution is -2.50. The van der Waals surface area contributed by atoms with E-state index in [1.165, 1.54) is 12.1 Å². The number of carbonyl (C=O) groups excluding carboxylic acids is 1. The van der Waals surface area contributed by atoms with E-state index in [4.69, 9.17) is 9.72 Å². The number of fused-ring (bicyclic) bond motifs is 3. The minimum atomic E-state index is -0.679. The van der Waals surface area contributed by atoms with Crippen LogP contribution in [0.5, 0.6) is 11.8 Å². The van der Waals surface area contributed by atoms with Crippen LogP contribution in [-0.2, 0) is 11.2 Å². The SMILES string of the molecule is CCc1c(F)ccc2cc(O)cc(-c3ncc4c(N5CCC6(CCC6=O)CC5)nc(OC[C@@]56CCCN5C[C@H](C)C6)nc4c3F)c12. The van der Waals surface area contributed by atoms with E-state index in [1.807, 2.05) is 6.92 Å². The number of benzene rings is 2. The molecule has 46 heavy (non-hydrogen) atoms. The van der Waals surface area contributed by atoms with Crippen molar-refractivity contribution >= 4 is 33.3 Å². The molecule has 5 heterocycles. The maximum absolute atomic E-state index is 16.9. The fourth-order valence-electron chi connectivity index (χ4n) is 8.82. The van der Waals surface area contributed by atoms with Crippen molar-refractivity contribution < 1.29 is 23.4 Å². The topological polar surface area (TPSA) is 91.7 Å². The number of pyridine rings is 1. The first-order chi connectivity index (χ1) is 22.2. The number of ether oxygens (including phenoxy) is 1. The van der Waals surface area contributed by atoms with Crippen LogP contribution in [0.1, 0.15) is 64.4 Å². The van der Waals surface area contributed by atoms with E-state index in [0.29, 0.717) is 77.3 Å². The molecule has 1 spiro atoms. The summed E-state index contributed by atoms with van der Waals surface area (Å²) >= 11 is 0. The minimum absolute atomic E-state index is 0.0212. The fourth-order valence-corrected chi connectivity index (χ4v) is 8.82. The van der Waals surface area contributed by atoms with Crippen molar-refractivity contribution in [3.8, 4) is 23.0 Å². The Morgan fingerprint density at radius 1 is 1.09 bits per heavy atom. The van der Waals surface area contributed by atoms with Gasteiger partial charge in [0, 0.05) is 43.2 Å². The maximum atomic E-state index is 16.9. The third-order valence-electron chi connectivity index (χ3n) is 11.3. The number of piperidine rings is 1. The largest absolute Gasteiger partial charge is 0.508 e. The predicted octanol–water partition coefficient (Wildman–Crippen LogP) is 6.59. The monoisotopic (exact) mass is 627 g/mol. The molecule has 0 amide bonds. The Labute approximate surface area is 266 Å². The van der Waals surface area contributed by atoms with E-state index in [0.717, 1.165) is 51.6 Å². The number of halogens is 2. The molecule has 0 bridgehead atoms. The third-order valence-corrected chi connectivity index (χ3v) is 11.3. The van der Waals surface area contributed by atoms with Gasteiger partial charge in [0.25, 0.3) is 0 Å². The zero-order valence-corrected chi connectivity index (χ0v) is 26.4. The molecule has 8 nitrogen and oxygen atoms in total. The van der Waals surface area contributed by atoms with Crippen molar-refractivity contribution in [2.24, 2.45) is 11.3 Å². The number of aryl methyl sites for hydroxylation is 1. The second-order valence-electron chi connectivity index (χ2n) is 14.0. The molecule has 10 heteroatoms. The molecule has 4 aromatic rings. The maximum Gasteiger partial charge on any atom is 0.319 e. The summed E-state index contributed by atoms with van der Waals surface area (Å²) in [5.74, 6) is 0.325. The fraction of sp³-hybridized carbons (Fsp3) is 0.500. The van der Waals surface area contributed by atoms with Gasteiger partial charge in [0.15, 0.2) is 5.82 Å². The standard InChI is InChI=1S/C36H39F2N5O3/c1-3-24-27(37)6-5-22-15-23(44)16-25(29(22)24)31-30(38)32-26(18-39-31)33(42-13-10-35(11-14-42)9-7-28(35)45)41-34(40-32)46-20-36-8-4-12-43(36)19-21(2)17-36/h5-6,15-16,18,21,44H,3-4,7-14,17,19-20H2,1-2H3/t21-,36+/m1/s1. The van der Waals surface area contributed by atoms with Crippen LogP contribution in [-0.4, -0.2) is 69.1 Å². The predicted molar refractivity (Wildman–Crippen MR) is 172 cm³/mol. The Morgan fingerprint density at radius 2 is 1.91 bits per heavy atom.